The van der Waals surface area contributed by atoms with Crippen LogP contribution in [-0.4, -0.2) is 21.9 Å². The molecule has 0 aliphatic carbocycles. The van der Waals surface area contributed by atoms with E-state index in [-0.39, 0.29) is 12.1 Å². The lowest BCUT2D eigenvalue weighted by Gasteiger charge is -2.08. The molecule has 2 aromatic rings. The predicted molar refractivity (Wildman–Crippen MR) is 88.7 cm³/mol. The molecule has 2 N–H and O–H groups in total. The van der Waals surface area contributed by atoms with Gasteiger partial charge in [-0.3, -0.25) is 4.68 Å². The van der Waals surface area contributed by atoms with Crippen molar-refractivity contribution in [3.8, 4) is 5.75 Å². The fourth-order valence-corrected chi connectivity index (χ4v) is 2.83. The molecule has 0 radical (unpaired) electrons. The van der Waals surface area contributed by atoms with Crippen LogP contribution in [0.1, 0.15) is 30.7 Å². The van der Waals surface area contributed by atoms with Gasteiger partial charge >= 0.3 is 6.03 Å². The van der Waals surface area contributed by atoms with Crippen molar-refractivity contribution in [3.63, 3.8) is 0 Å². The number of fused-ring (bicyclic) bond motifs is 1. The summed E-state index contributed by atoms with van der Waals surface area (Å²) in [5.41, 5.74) is 3.91. The number of carbonyl (C=O) groups excluding carboxylic acids is 1. The quantitative estimate of drug-likeness (QED) is 0.911. The highest BCUT2D eigenvalue weighted by Crippen LogP contribution is 2.29. The maximum atomic E-state index is 12.1. The standard InChI is InChI=1S/C17H22N4O2/c1-4-14-15(10-21(3)20-14)19-17(22)18-9-12-5-6-16-13(8-12)7-11(2)23-16/h5-6,8,10-11H,4,7,9H2,1-3H3,(H2,18,19,22). The molecule has 0 saturated heterocycles. The first-order valence-electron chi connectivity index (χ1n) is 7.91. The number of urea groups is 1. The predicted octanol–water partition coefficient (Wildman–Crippen LogP) is 2.63. The number of anilines is 1. The van der Waals surface area contributed by atoms with Crippen LogP contribution in [-0.2, 0) is 26.4 Å². The number of ether oxygens (including phenoxy) is 1. The number of benzene rings is 1. The average Bonchev–Trinajstić information content (AvgIpc) is 3.05. The van der Waals surface area contributed by atoms with Gasteiger partial charge in [0.2, 0.25) is 0 Å². The second kappa shape index (κ2) is 6.32. The summed E-state index contributed by atoms with van der Waals surface area (Å²) in [5, 5.41) is 10.0. The zero-order valence-corrected chi connectivity index (χ0v) is 13.7. The number of rotatable bonds is 4. The summed E-state index contributed by atoms with van der Waals surface area (Å²) in [6, 6.07) is 5.83. The summed E-state index contributed by atoms with van der Waals surface area (Å²) < 4.78 is 7.39. The van der Waals surface area contributed by atoms with E-state index in [0.717, 1.165) is 35.5 Å². The number of hydrogen-bond acceptors (Lipinski definition) is 3. The number of aryl methyl sites for hydroxylation is 2. The van der Waals surface area contributed by atoms with E-state index in [1.807, 2.05) is 32.3 Å². The molecule has 0 fully saturated rings. The second-order valence-electron chi connectivity index (χ2n) is 5.90. The van der Waals surface area contributed by atoms with Gasteiger partial charge in [-0.1, -0.05) is 19.1 Å². The van der Waals surface area contributed by atoms with Gasteiger partial charge in [0.25, 0.3) is 0 Å². The summed E-state index contributed by atoms with van der Waals surface area (Å²) >= 11 is 0. The molecule has 1 aliphatic rings. The van der Waals surface area contributed by atoms with Crippen molar-refractivity contribution in [2.75, 3.05) is 5.32 Å². The van der Waals surface area contributed by atoms with Crippen molar-refractivity contribution in [3.05, 3.63) is 41.2 Å². The maximum Gasteiger partial charge on any atom is 0.319 e. The normalized spacial score (nSPS) is 15.9. The van der Waals surface area contributed by atoms with E-state index in [1.54, 1.807) is 4.68 Å². The van der Waals surface area contributed by atoms with Crippen molar-refractivity contribution >= 4 is 11.7 Å². The van der Waals surface area contributed by atoms with Gasteiger partial charge in [0.05, 0.1) is 11.4 Å². The van der Waals surface area contributed by atoms with E-state index in [9.17, 15) is 4.79 Å². The zero-order valence-electron chi connectivity index (χ0n) is 13.7. The van der Waals surface area contributed by atoms with Gasteiger partial charge in [0.1, 0.15) is 11.9 Å². The molecule has 0 spiro atoms. The minimum atomic E-state index is -0.224. The smallest absolute Gasteiger partial charge is 0.319 e. The van der Waals surface area contributed by atoms with Gasteiger partial charge in [-0.05, 0) is 30.5 Å². The van der Waals surface area contributed by atoms with E-state index in [4.69, 9.17) is 4.74 Å². The summed E-state index contributed by atoms with van der Waals surface area (Å²) in [4.78, 5) is 12.1. The Morgan fingerprint density at radius 2 is 2.30 bits per heavy atom. The highest BCUT2D eigenvalue weighted by Gasteiger charge is 2.19. The third kappa shape index (κ3) is 3.47. The summed E-state index contributed by atoms with van der Waals surface area (Å²) in [5.74, 6) is 0.952. The molecule has 122 valence electrons. The van der Waals surface area contributed by atoms with Crippen LogP contribution in [0.2, 0.25) is 0 Å². The van der Waals surface area contributed by atoms with Gasteiger partial charge in [-0.2, -0.15) is 5.10 Å². The van der Waals surface area contributed by atoms with Crippen LogP contribution in [0.25, 0.3) is 0 Å². The highest BCUT2D eigenvalue weighted by atomic mass is 16.5. The Labute approximate surface area is 135 Å². The number of hydrogen-bond donors (Lipinski definition) is 2. The molecule has 23 heavy (non-hydrogen) atoms. The van der Waals surface area contributed by atoms with Crippen LogP contribution in [0.4, 0.5) is 10.5 Å². The molecule has 1 aromatic carbocycles. The second-order valence-corrected chi connectivity index (χ2v) is 5.90. The molecule has 0 bridgehead atoms. The van der Waals surface area contributed by atoms with Crippen molar-refractivity contribution in [2.24, 2.45) is 7.05 Å². The van der Waals surface area contributed by atoms with Gasteiger partial charge in [0.15, 0.2) is 0 Å². The van der Waals surface area contributed by atoms with Crippen molar-refractivity contribution < 1.29 is 9.53 Å². The van der Waals surface area contributed by atoms with Crippen LogP contribution in [0.15, 0.2) is 24.4 Å². The molecule has 6 heteroatoms. The van der Waals surface area contributed by atoms with E-state index < -0.39 is 0 Å². The number of aromatic nitrogens is 2. The molecular weight excluding hydrogens is 292 g/mol. The lowest BCUT2D eigenvalue weighted by atomic mass is 10.1. The molecule has 2 heterocycles. The van der Waals surface area contributed by atoms with Crippen LogP contribution in [0.3, 0.4) is 0 Å². The van der Waals surface area contributed by atoms with Gasteiger partial charge in [-0.25, -0.2) is 4.79 Å². The lowest BCUT2D eigenvalue weighted by Crippen LogP contribution is -2.28. The fourth-order valence-electron chi connectivity index (χ4n) is 2.83. The van der Waals surface area contributed by atoms with E-state index in [0.29, 0.717) is 6.54 Å². The highest BCUT2D eigenvalue weighted by molar-refractivity contribution is 5.89. The van der Waals surface area contributed by atoms with Gasteiger partial charge in [0, 0.05) is 26.2 Å². The summed E-state index contributed by atoms with van der Waals surface area (Å²) in [6.07, 6.45) is 3.74. The maximum absolute atomic E-state index is 12.1. The van der Waals surface area contributed by atoms with Crippen LogP contribution in [0.5, 0.6) is 5.75 Å². The van der Waals surface area contributed by atoms with E-state index in [1.165, 1.54) is 5.56 Å². The number of nitrogens with zero attached hydrogens (tertiary/aromatic N) is 2. The van der Waals surface area contributed by atoms with Crippen molar-refractivity contribution in [2.45, 2.75) is 39.3 Å². The molecule has 1 unspecified atom stereocenters. The molecule has 2 amide bonds. The van der Waals surface area contributed by atoms with Crippen molar-refractivity contribution in [1.82, 2.24) is 15.1 Å². The molecule has 3 rings (SSSR count). The Kier molecular flexibility index (Phi) is 4.23. The van der Waals surface area contributed by atoms with E-state index >= 15 is 0 Å². The first-order valence-corrected chi connectivity index (χ1v) is 7.91. The molecular formula is C17H22N4O2. The Hall–Kier alpha value is -2.50. The topological polar surface area (TPSA) is 68.2 Å². The molecule has 1 aromatic heterocycles. The minimum absolute atomic E-state index is 0.224. The third-order valence-corrected chi connectivity index (χ3v) is 3.90. The number of nitrogens with one attached hydrogen (secondary N) is 2. The van der Waals surface area contributed by atoms with E-state index in [2.05, 4.69) is 28.7 Å². The fraction of sp³-hybridized carbons (Fsp3) is 0.412. The van der Waals surface area contributed by atoms with Gasteiger partial charge < -0.3 is 15.4 Å². The minimum Gasteiger partial charge on any atom is -0.490 e. The third-order valence-electron chi connectivity index (χ3n) is 3.90. The number of carbonyl (C=O) groups is 1. The van der Waals surface area contributed by atoms with Gasteiger partial charge in [-0.15, -0.1) is 0 Å². The molecule has 6 nitrogen and oxygen atoms in total. The largest absolute Gasteiger partial charge is 0.490 e. The first kappa shape index (κ1) is 15.4. The zero-order chi connectivity index (χ0) is 16.4. The number of amides is 2. The summed E-state index contributed by atoms with van der Waals surface area (Å²) in [7, 11) is 1.84. The SMILES string of the molecule is CCc1nn(C)cc1NC(=O)NCc1ccc2c(c1)CC(C)O2. The Morgan fingerprint density at radius 3 is 3.09 bits per heavy atom. The Balaban J connectivity index is 1.58. The van der Waals surface area contributed by atoms with Crippen LogP contribution >= 0.6 is 0 Å². The first-order chi connectivity index (χ1) is 11.0. The Bertz CT molecular complexity index is 723. The monoisotopic (exact) mass is 314 g/mol. The lowest BCUT2D eigenvalue weighted by molar-refractivity contribution is 0.251. The summed E-state index contributed by atoms with van der Waals surface area (Å²) in [6.45, 7) is 4.55. The average molecular weight is 314 g/mol. The Morgan fingerprint density at radius 1 is 1.48 bits per heavy atom. The van der Waals surface area contributed by atoms with Crippen LogP contribution in [0, 0.1) is 0 Å². The van der Waals surface area contributed by atoms with Crippen LogP contribution < -0.4 is 15.4 Å². The van der Waals surface area contributed by atoms with Crippen molar-refractivity contribution in [1.29, 1.82) is 0 Å². The molecule has 1 atom stereocenters. The molecule has 1 aliphatic heterocycles. The molecule has 0 saturated carbocycles.